The first-order chi connectivity index (χ1) is 11.8. The van der Waals surface area contributed by atoms with Crippen molar-refractivity contribution in [3.8, 4) is 0 Å². The molecule has 130 valence electrons. The molecule has 1 aromatic heterocycles. The summed E-state index contributed by atoms with van der Waals surface area (Å²) in [4.78, 5) is 12.1. The molecule has 1 heterocycles. The molecule has 0 bridgehead atoms. The van der Waals surface area contributed by atoms with Crippen molar-refractivity contribution in [1.29, 1.82) is 0 Å². The molecule has 7 heteroatoms. The molecule has 0 fully saturated rings. The van der Waals surface area contributed by atoms with Crippen molar-refractivity contribution in [3.63, 3.8) is 0 Å². The zero-order valence-electron chi connectivity index (χ0n) is 13.0. The molecule has 0 radical (unpaired) electrons. The minimum absolute atomic E-state index is 0.0427. The summed E-state index contributed by atoms with van der Waals surface area (Å²) in [6, 6.07) is 12.5. The minimum Gasteiger partial charge on any atom is -0.347 e. The lowest BCUT2D eigenvalue weighted by Gasteiger charge is -2.12. The Labute approximate surface area is 147 Å². The molecule has 1 N–H and O–H groups in total. The fraction of sp³-hybridized carbons (Fsp3) is 0.167. The number of fused-ring (bicyclic) bond motifs is 1. The van der Waals surface area contributed by atoms with Crippen LogP contribution in [0.4, 0.5) is 18.9 Å². The zero-order chi connectivity index (χ0) is 18.0. The van der Waals surface area contributed by atoms with Crippen molar-refractivity contribution < 1.29 is 18.0 Å². The first-order valence-corrected chi connectivity index (χ1v) is 7.93. The number of amides is 1. The lowest BCUT2D eigenvalue weighted by atomic mass is 10.2. The first-order valence-electron chi connectivity index (χ1n) is 7.55. The molecule has 0 spiro atoms. The van der Waals surface area contributed by atoms with Gasteiger partial charge in [0, 0.05) is 24.7 Å². The van der Waals surface area contributed by atoms with E-state index in [0.29, 0.717) is 6.54 Å². The summed E-state index contributed by atoms with van der Waals surface area (Å²) < 4.78 is 40.2. The number of nitrogens with zero attached hydrogens (tertiary/aromatic N) is 1. The number of para-hydroxylation sites is 1. The van der Waals surface area contributed by atoms with Crippen LogP contribution in [-0.2, 0) is 17.5 Å². The quantitative estimate of drug-likeness (QED) is 0.664. The molecule has 0 aliphatic rings. The number of nitrogens with one attached hydrogen (secondary N) is 1. The summed E-state index contributed by atoms with van der Waals surface area (Å²) >= 11 is 5.88. The summed E-state index contributed by atoms with van der Waals surface area (Å²) in [7, 11) is 0. The molecular weight excluding hydrogens is 353 g/mol. The van der Waals surface area contributed by atoms with E-state index >= 15 is 0 Å². The normalized spacial score (nSPS) is 11.7. The highest BCUT2D eigenvalue weighted by Crippen LogP contribution is 2.33. The smallest absolute Gasteiger partial charge is 0.347 e. The number of halogens is 4. The predicted molar refractivity (Wildman–Crippen MR) is 91.6 cm³/mol. The van der Waals surface area contributed by atoms with E-state index in [1.165, 1.54) is 0 Å². The number of aromatic nitrogens is 1. The van der Waals surface area contributed by atoms with E-state index < -0.39 is 17.6 Å². The third kappa shape index (κ3) is 3.96. The molecule has 0 aliphatic carbocycles. The Hall–Kier alpha value is -2.47. The second kappa shape index (κ2) is 6.80. The summed E-state index contributed by atoms with van der Waals surface area (Å²) in [5.41, 5.74) is 0.0925. The van der Waals surface area contributed by atoms with E-state index in [1.54, 1.807) is 0 Å². The molecular formula is C18H14ClF3N2O. The Bertz CT molecular complexity index is 918. The molecule has 0 aliphatic heterocycles. The number of alkyl halides is 3. The highest BCUT2D eigenvalue weighted by molar-refractivity contribution is 6.33. The summed E-state index contributed by atoms with van der Waals surface area (Å²) in [5, 5.41) is 3.57. The van der Waals surface area contributed by atoms with Crippen molar-refractivity contribution in [2.75, 3.05) is 5.32 Å². The van der Waals surface area contributed by atoms with E-state index in [1.807, 2.05) is 41.1 Å². The second-order valence-corrected chi connectivity index (χ2v) is 5.97. The third-order valence-electron chi connectivity index (χ3n) is 3.83. The number of carbonyl (C=O) groups is 1. The van der Waals surface area contributed by atoms with Gasteiger partial charge in [-0.1, -0.05) is 29.8 Å². The number of hydrogen-bond acceptors (Lipinski definition) is 1. The summed E-state index contributed by atoms with van der Waals surface area (Å²) in [6.45, 7) is 0.413. The monoisotopic (exact) mass is 366 g/mol. The van der Waals surface area contributed by atoms with Gasteiger partial charge in [-0.3, -0.25) is 4.79 Å². The van der Waals surface area contributed by atoms with Gasteiger partial charge in [0.05, 0.1) is 16.3 Å². The van der Waals surface area contributed by atoms with E-state index in [0.717, 1.165) is 29.1 Å². The van der Waals surface area contributed by atoms with Gasteiger partial charge in [-0.25, -0.2) is 0 Å². The van der Waals surface area contributed by atoms with Crippen LogP contribution in [0.1, 0.15) is 12.0 Å². The number of anilines is 1. The Morgan fingerprint density at radius 2 is 1.88 bits per heavy atom. The Balaban J connectivity index is 1.69. The lowest BCUT2D eigenvalue weighted by Crippen LogP contribution is -2.15. The van der Waals surface area contributed by atoms with Crippen molar-refractivity contribution in [2.24, 2.45) is 0 Å². The van der Waals surface area contributed by atoms with Crippen molar-refractivity contribution in [3.05, 3.63) is 65.3 Å². The SMILES string of the molecule is O=C(CCn1ccc2ccccc21)Nc1cc(C(F)(F)F)ccc1Cl. The number of benzene rings is 2. The van der Waals surface area contributed by atoms with Gasteiger partial charge >= 0.3 is 6.18 Å². The van der Waals surface area contributed by atoms with Gasteiger partial charge in [0.25, 0.3) is 0 Å². The average molecular weight is 367 g/mol. The van der Waals surface area contributed by atoms with E-state index in [2.05, 4.69) is 5.32 Å². The average Bonchev–Trinajstić information content (AvgIpc) is 2.97. The zero-order valence-corrected chi connectivity index (χ0v) is 13.7. The molecule has 25 heavy (non-hydrogen) atoms. The van der Waals surface area contributed by atoms with E-state index in [9.17, 15) is 18.0 Å². The van der Waals surface area contributed by atoms with Crippen LogP contribution < -0.4 is 5.32 Å². The van der Waals surface area contributed by atoms with Gasteiger partial charge in [0.1, 0.15) is 0 Å². The van der Waals surface area contributed by atoms with Crippen LogP contribution in [0.25, 0.3) is 10.9 Å². The Morgan fingerprint density at radius 3 is 2.64 bits per heavy atom. The highest BCUT2D eigenvalue weighted by atomic mass is 35.5. The van der Waals surface area contributed by atoms with Gasteiger partial charge in [0.15, 0.2) is 0 Å². The fourth-order valence-corrected chi connectivity index (χ4v) is 2.73. The fourth-order valence-electron chi connectivity index (χ4n) is 2.57. The van der Waals surface area contributed by atoms with Crippen molar-refractivity contribution in [1.82, 2.24) is 4.57 Å². The second-order valence-electron chi connectivity index (χ2n) is 5.56. The van der Waals surface area contributed by atoms with Gasteiger partial charge < -0.3 is 9.88 Å². The first kappa shape index (κ1) is 17.4. The molecule has 3 nitrogen and oxygen atoms in total. The third-order valence-corrected chi connectivity index (χ3v) is 4.16. The van der Waals surface area contributed by atoms with E-state index in [4.69, 9.17) is 11.6 Å². The molecule has 3 rings (SSSR count). The Morgan fingerprint density at radius 1 is 1.12 bits per heavy atom. The van der Waals surface area contributed by atoms with Gasteiger partial charge in [-0.05, 0) is 35.7 Å². The topological polar surface area (TPSA) is 34.0 Å². The van der Waals surface area contributed by atoms with Crippen LogP contribution in [0.3, 0.4) is 0 Å². The van der Waals surface area contributed by atoms with Crippen molar-refractivity contribution in [2.45, 2.75) is 19.1 Å². The van der Waals surface area contributed by atoms with Crippen LogP contribution in [0.5, 0.6) is 0 Å². The molecule has 0 unspecified atom stereocenters. The van der Waals surface area contributed by atoms with Crippen LogP contribution in [0.2, 0.25) is 5.02 Å². The van der Waals surface area contributed by atoms with Crippen LogP contribution in [-0.4, -0.2) is 10.5 Å². The van der Waals surface area contributed by atoms with Crippen LogP contribution in [0, 0.1) is 0 Å². The maximum atomic E-state index is 12.8. The highest BCUT2D eigenvalue weighted by Gasteiger charge is 2.31. The largest absolute Gasteiger partial charge is 0.416 e. The summed E-state index contributed by atoms with van der Waals surface area (Å²) in [5.74, 6) is -0.404. The lowest BCUT2D eigenvalue weighted by molar-refractivity contribution is -0.137. The standard InChI is InChI=1S/C18H14ClF3N2O/c19-14-6-5-13(18(20,21)22)11-15(14)23-17(25)8-10-24-9-7-12-3-1-2-4-16(12)24/h1-7,9,11H,8,10H2,(H,23,25). The van der Waals surface area contributed by atoms with Crippen molar-refractivity contribution >= 4 is 34.1 Å². The maximum Gasteiger partial charge on any atom is 0.416 e. The molecule has 0 saturated carbocycles. The van der Waals surface area contributed by atoms with Gasteiger partial charge in [-0.15, -0.1) is 0 Å². The maximum absolute atomic E-state index is 12.8. The Kier molecular flexibility index (Phi) is 4.72. The van der Waals surface area contributed by atoms with Gasteiger partial charge in [-0.2, -0.15) is 13.2 Å². The molecule has 0 atom stereocenters. The predicted octanol–water partition coefficient (Wildman–Crippen LogP) is 5.34. The molecule has 0 saturated heterocycles. The van der Waals surface area contributed by atoms with Gasteiger partial charge in [0.2, 0.25) is 5.91 Å². The molecule has 1 amide bonds. The molecule has 3 aromatic rings. The minimum atomic E-state index is -4.49. The number of aryl methyl sites for hydroxylation is 1. The number of carbonyl (C=O) groups excluding carboxylic acids is 1. The van der Waals surface area contributed by atoms with Crippen LogP contribution in [0.15, 0.2) is 54.7 Å². The molecule has 2 aromatic carbocycles. The van der Waals surface area contributed by atoms with Crippen LogP contribution >= 0.6 is 11.6 Å². The number of hydrogen-bond donors (Lipinski definition) is 1. The van der Waals surface area contributed by atoms with E-state index in [-0.39, 0.29) is 17.1 Å². The summed E-state index contributed by atoms with van der Waals surface area (Å²) in [6.07, 6.45) is -2.51. The number of rotatable bonds is 4.